The Morgan fingerprint density at radius 2 is 1.81 bits per heavy atom. The zero-order valence-corrected chi connectivity index (χ0v) is 14.9. The van der Waals surface area contributed by atoms with E-state index in [4.69, 9.17) is 0 Å². The van der Waals surface area contributed by atoms with E-state index >= 15 is 0 Å². The minimum absolute atomic E-state index is 0.344. The molecule has 1 nitrogen and oxygen atoms in total. The Kier molecular flexibility index (Phi) is 6.19. The highest BCUT2D eigenvalue weighted by Gasteiger charge is 2.28. The SMILES string of the molecule is CSC1CCCCC1NC(CC(C)(C)C)c1ccccc1. The number of rotatable bonds is 5. The molecular formula is C19H31NS. The number of thioether (sulfide) groups is 1. The summed E-state index contributed by atoms with van der Waals surface area (Å²) in [7, 11) is 0. The average molecular weight is 306 g/mol. The minimum atomic E-state index is 0.344. The van der Waals surface area contributed by atoms with Crippen molar-refractivity contribution in [3.8, 4) is 0 Å². The van der Waals surface area contributed by atoms with Gasteiger partial charge in [0, 0.05) is 17.3 Å². The second kappa shape index (κ2) is 7.69. The molecule has 0 aliphatic heterocycles. The van der Waals surface area contributed by atoms with Crippen LogP contribution < -0.4 is 5.32 Å². The summed E-state index contributed by atoms with van der Waals surface area (Å²) in [5, 5.41) is 4.79. The summed E-state index contributed by atoms with van der Waals surface area (Å²) in [6.07, 6.45) is 8.94. The zero-order valence-electron chi connectivity index (χ0n) is 14.1. The Bertz CT molecular complexity index is 409. The van der Waals surface area contributed by atoms with Crippen molar-refractivity contribution in [1.29, 1.82) is 0 Å². The molecule has 1 fully saturated rings. The molecule has 1 aliphatic rings. The van der Waals surface area contributed by atoms with Crippen molar-refractivity contribution in [1.82, 2.24) is 5.32 Å². The van der Waals surface area contributed by atoms with Crippen LogP contribution in [0.5, 0.6) is 0 Å². The van der Waals surface area contributed by atoms with Gasteiger partial charge in [-0.25, -0.2) is 0 Å². The highest BCUT2D eigenvalue weighted by atomic mass is 32.2. The van der Waals surface area contributed by atoms with E-state index in [9.17, 15) is 0 Å². The third-order valence-corrected chi connectivity index (χ3v) is 5.61. The molecule has 1 N–H and O–H groups in total. The summed E-state index contributed by atoms with van der Waals surface area (Å²) in [6, 6.07) is 12.1. The summed E-state index contributed by atoms with van der Waals surface area (Å²) < 4.78 is 0. The van der Waals surface area contributed by atoms with Gasteiger partial charge in [-0.05, 0) is 36.5 Å². The molecule has 1 aliphatic carbocycles. The summed E-state index contributed by atoms with van der Waals surface area (Å²) in [6.45, 7) is 7.03. The lowest BCUT2D eigenvalue weighted by molar-refractivity contribution is 0.271. The van der Waals surface area contributed by atoms with E-state index in [1.54, 1.807) is 0 Å². The molecule has 0 saturated heterocycles. The molecule has 21 heavy (non-hydrogen) atoms. The van der Waals surface area contributed by atoms with Crippen molar-refractivity contribution in [3.05, 3.63) is 35.9 Å². The number of hydrogen-bond donors (Lipinski definition) is 1. The fourth-order valence-corrected chi connectivity index (χ4v) is 4.34. The largest absolute Gasteiger partial charge is 0.306 e. The summed E-state index contributed by atoms with van der Waals surface area (Å²) in [5.74, 6) is 0. The zero-order chi connectivity index (χ0) is 15.3. The molecule has 0 spiro atoms. The van der Waals surface area contributed by atoms with Gasteiger partial charge in [0.2, 0.25) is 0 Å². The maximum Gasteiger partial charge on any atom is 0.0328 e. The molecule has 1 saturated carbocycles. The smallest absolute Gasteiger partial charge is 0.0328 e. The lowest BCUT2D eigenvalue weighted by Gasteiger charge is -2.36. The Morgan fingerprint density at radius 3 is 2.43 bits per heavy atom. The topological polar surface area (TPSA) is 12.0 Å². The Morgan fingerprint density at radius 1 is 1.14 bits per heavy atom. The predicted octanol–water partition coefficient (Wildman–Crippen LogP) is 5.43. The van der Waals surface area contributed by atoms with Crippen molar-refractivity contribution in [2.24, 2.45) is 5.41 Å². The fraction of sp³-hybridized carbons (Fsp3) is 0.684. The van der Waals surface area contributed by atoms with Crippen LogP contribution in [0.3, 0.4) is 0 Å². The average Bonchev–Trinajstić information content (AvgIpc) is 2.47. The molecule has 0 heterocycles. The molecule has 1 aromatic rings. The third kappa shape index (κ3) is 5.34. The molecule has 2 heteroatoms. The second-order valence-electron chi connectivity index (χ2n) is 7.56. The van der Waals surface area contributed by atoms with Gasteiger partial charge in [-0.2, -0.15) is 11.8 Å². The number of nitrogens with one attached hydrogen (secondary N) is 1. The monoisotopic (exact) mass is 305 g/mol. The van der Waals surface area contributed by atoms with Crippen LogP contribution in [0.2, 0.25) is 0 Å². The first-order chi connectivity index (χ1) is 9.99. The van der Waals surface area contributed by atoms with Crippen LogP contribution in [-0.4, -0.2) is 17.5 Å². The van der Waals surface area contributed by atoms with Crippen LogP contribution in [0.1, 0.15) is 64.5 Å². The van der Waals surface area contributed by atoms with Crippen LogP contribution in [0.15, 0.2) is 30.3 Å². The van der Waals surface area contributed by atoms with Gasteiger partial charge in [-0.15, -0.1) is 0 Å². The molecule has 3 unspecified atom stereocenters. The molecule has 0 amide bonds. The van der Waals surface area contributed by atoms with E-state index in [0.29, 0.717) is 17.5 Å². The molecule has 2 rings (SSSR count). The Labute approximate surface area is 135 Å². The van der Waals surface area contributed by atoms with Crippen molar-refractivity contribution >= 4 is 11.8 Å². The van der Waals surface area contributed by atoms with Gasteiger partial charge in [0.1, 0.15) is 0 Å². The standard InChI is InChI=1S/C19H31NS/c1-19(2,3)14-17(15-10-6-5-7-11-15)20-16-12-8-9-13-18(16)21-4/h5-7,10-11,16-18,20H,8-9,12-14H2,1-4H3. The van der Waals surface area contributed by atoms with Crippen molar-refractivity contribution in [3.63, 3.8) is 0 Å². The molecular weight excluding hydrogens is 274 g/mol. The highest BCUT2D eigenvalue weighted by molar-refractivity contribution is 7.99. The van der Waals surface area contributed by atoms with Crippen LogP contribution in [0.4, 0.5) is 0 Å². The lowest BCUT2D eigenvalue weighted by Crippen LogP contribution is -2.43. The van der Waals surface area contributed by atoms with Crippen molar-refractivity contribution in [2.45, 2.75) is 70.2 Å². The molecule has 118 valence electrons. The van der Waals surface area contributed by atoms with Gasteiger partial charge in [-0.1, -0.05) is 63.9 Å². The lowest BCUT2D eigenvalue weighted by atomic mass is 9.84. The Balaban J connectivity index is 2.11. The van der Waals surface area contributed by atoms with Gasteiger partial charge in [-0.3, -0.25) is 0 Å². The first kappa shape index (κ1) is 16.9. The Hall–Kier alpha value is -0.470. The van der Waals surface area contributed by atoms with E-state index < -0.39 is 0 Å². The van der Waals surface area contributed by atoms with Gasteiger partial charge in [0.05, 0.1) is 0 Å². The third-order valence-electron chi connectivity index (χ3n) is 4.44. The quantitative estimate of drug-likeness (QED) is 0.778. The molecule has 1 aromatic carbocycles. The predicted molar refractivity (Wildman–Crippen MR) is 95.9 cm³/mol. The molecule has 3 atom stereocenters. The van der Waals surface area contributed by atoms with Crippen LogP contribution >= 0.6 is 11.8 Å². The first-order valence-corrected chi connectivity index (χ1v) is 9.62. The second-order valence-corrected chi connectivity index (χ2v) is 8.64. The van der Waals surface area contributed by atoms with E-state index in [1.165, 1.54) is 37.7 Å². The fourth-order valence-electron chi connectivity index (χ4n) is 3.40. The summed E-state index contributed by atoms with van der Waals surface area (Å²) in [5.41, 5.74) is 1.79. The number of hydrogen-bond acceptors (Lipinski definition) is 2. The van der Waals surface area contributed by atoms with Gasteiger partial charge in [0.15, 0.2) is 0 Å². The van der Waals surface area contributed by atoms with E-state index in [1.807, 2.05) is 11.8 Å². The minimum Gasteiger partial charge on any atom is -0.306 e. The van der Waals surface area contributed by atoms with E-state index in [2.05, 4.69) is 62.7 Å². The molecule has 0 bridgehead atoms. The maximum atomic E-state index is 4.01. The van der Waals surface area contributed by atoms with Crippen LogP contribution in [-0.2, 0) is 0 Å². The van der Waals surface area contributed by atoms with E-state index in [0.717, 1.165) is 5.25 Å². The first-order valence-electron chi connectivity index (χ1n) is 8.33. The van der Waals surface area contributed by atoms with Gasteiger partial charge < -0.3 is 5.32 Å². The summed E-state index contributed by atoms with van der Waals surface area (Å²) in [4.78, 5) is 0. The van der Waals surface area contributed by atoms with Crippen LogP contribution in [0, 0.1) is 5.41 Å². The number of benzene rings is 1. The molecule has 0 radical (unpaired) electrons. The van der Waals surface area contributed by atoms with E-state index in [-0.39, 0.29) is 0 Å². The maximum absolute atomic E-state index is 4.01. The van der Waals surface area contributed by atoms with Crippen LogP contribution in [0.25, 0.3) is 0 Å². The van der Waals surface area contributed by atoms with Crippen molar-refractivity contribution in [2.75, 3.05) is 6.26 Å². The highest BCUT2D eigenvalue weighted by Crippen LogP contribution is 2.33. The van der Waals surface area contributed by atoms with Gasteiger partial charge in [0.25, 0.3) is 0 Å². The van der Waals surface area contributed by atoms with Gasteiger partial charge >= 0.3 is 0 Å². The van der Waals surface area contributed by atoms with Crippen molar-refractivity contribution < 1.29 is 0 Å². The normalized spacial score (nSPS) is 24.8. The molecule has 0 aromatic heterocycles. The summed E-state index contributed by atoms with van der Waals surface area (Å²) >= 11 is 2.05.